The molecule has 6 nitrogen and oxygen atoms in total. The van der Waals surface area contributed by atoms with Crippen molar-refractivity contribution in [2.24, 2.45) is 0 Å². The van der Waals surface area contributed by atoms with Crippen LogP contribution in [-0.4, -0.2) is 54.6 Å². The Balaban J connectivity index is 1.34. The van der Waals surface area contributed by atoms with Crippen LogP contribution in [0.5, 0.6) is 0 Å². The van der Waals surface area contributed by atoms with Crippen molar-refractivity contribution in [3.05, 3.63) is 41.9 Å². The van der Waals surface area contributed by atoms with Crippen LogP contribution in [0.2, 0.25) is 0 Å². The van der Waals surface area contributed by atoms with Crippen LogP contribution in [0.15, 0.2) is 40.6 Å². The first-order valence-electron chi connectivity index (χ1n) is 9.08. The molecular formula is C19H25N5OS. The number of piperidine rings is 1. The van der Waals surface area contributed by atoms with Gasteiger partial charge in [0.05, 0.1) is 22.5 Å². The Labute approximate surface area is 157 Å². The lowest BCUT2D eigenvalue weighted by Crippen LogP contribution is -2.45. The number of likely N-dealkylation sites (N-methyl/N-ethyl adjacent to an activating group) is 1. The van der Waals surface area contributed by atoms with Gasteiger partial charge < -0.3 is 14.6 Å². The van der Waals surface area contributed by atoms with E-state index in [9.17, 15) is 0 Å². The molecule has 4 heterocycles. The number of hydrogen-bond acceptors (Lipinski definition) is 7. The third-order valence-corrected chi connectivity index (χ3v) is 6.01. The van der Waals surface area contributed by atoms with Gasteiger partial charge in [-0.1, -0.05) is 0 Å². The smallest absolute Gasteiger partial charge is 0.150 e. The topological polar surface area (TPSA) is 57.4 Å². The number of rotatable bonds is 6. The second-order valence-corrected chi connectivity index (χ2v) is 7.91. The third kappa shape index (κ3) is 3.60. The second-order valence-electron chi connectivity index (χ2n) is 7.00. The number of hydrogen-bond donors (Lipinski definition) is 1. The molecule has 1 aliphatic rings. The van der Waals surface area contributed by atoms with Crippen LogP contribution in [0.3, 0.4) is 0 Å². The summed E-state index contributed by atoms with van der Waals surface area (Å²) >= 11 is 1.73. The highest BCUT2D eigenvalue weighted by atomic mass is 32.1. The van der Waals surface area contributed by atoms with Gasteiger partial charge in [0.2, 0.25) is 0 Å². The Morgan fingerprint density at radius 2 is 2.15 bits per heavy atom. The van der Waals surface area contributed by atoms with E-state index in [2.05, 4.69) is 56.7 Å². The maximum Gasteiger partial charge on any atom is 0.150 e. The Hall–Kier alpha value is -1.96. The molecule has 3 aromatic rings. The molecule has 0 saturated carbocycles. The molecule has 26 heavy (non-hydrogen) atoms. The van der Waals surface area contributed by atoms with Crippen molar-refractivity contribution in [2.75, 3.05) is 38.6 Å². The standard InChI is InChI=1S/C19H25N5OS/c1-23(2)16(17-4-3-10-25-17)12-20-14-5-8-24(9-6-14)19-18-15(7-11-26-18)21-13-22-19/h3-4,7,10-11,13-14,16,20H,5-6,8-9,12H2,1-2H3. The first kappa shape index (κ1) is 17.5. The fraction of sp³-hybridized carbons (Fsp3) is 0.474. The van der Waals surface area contributed by atoms with Gasteiger partial charge in [-0.05, 0) is 50.5 Å². The zero-order valence-corrected chi connectivity index (χ0v) is 16.1. The van der Waals surface area contributed by atoms with Crippen LogP contribution < -0.4 is 10.2 Å². The zero-order valence-electron chi connectivity index (χ0n) is 15.3. The molecule has 138 valence electrons. The summed E-state index contributed by atoms with van der Waals surface area (Å²) in [7, 11) is 4.19. The number of nitrogens with one attached hydrogen (secondary N) is 1. The maximum absolute atomic E-state index is 5.60. The van der Waals surface area contributed by atoms with E-state index in [4.69, 9.17) is 4.42 Å². The van der Waals surface area contributed by atoms with E-state index in [0.29, 0.717) is 6.04 Å². The minimum absolute atomic E-state index is 0.260. The predicted octanol–water partition coefficient (Wildman–Crippen LogP) is 3.15. The lowest BCUT2D eigenvalue weighted by atomic mass is 10.0. The second kappa shape index (κ2) is 7.73. The van der Waals surface area contributed by atoms with Crippen LogP contribution in [0.25, 0.3) is 10.2 Å². The average Bonchev–Trinajstić information content (AvgIpc) is 3.34. The molecule has 4 rings (SSSR count). The highest BCUT2D eigenvalue weighted by molar-refractivity contribution is 7.17. The number of thiophene rings is 1. The number of fused-ring (bicyclic) bond motifs is 1. The molecule has 1 atom stereocenters. The summed E-state index contributed by atoms with van der Waals surface area (Å²) < 4.78 is 6.80. The Morgan fingerprint density at radius 3 is 2.88 bits per heavy atom. The fourth-order valence-corrected chi connectivity index (χ4v) is 4.46. The van der Waals surface area contributed by atoms with Gasteiger partial charge in [0.15, 0.2) is 0 Å². The quantitative estimate of drug-likeness (QED) is 0.718. The molecule has 0 spiro atoms. The first-order chi connectivity index (χ1) is 12.7. The highest BCUT2D eigenvalue weighted by Crippen LogP contribution is 2.29. The maximum atomic E-state index is 5.60. The van der Waals surface area contributed by atoms with Crippen LogP contribution in [0.4, 0.5) is 5.82 Å². The van der Waals surface area contributed by atoms with Crippen molar-refractivity contribution in [3.63, 3.8) is 0 Å². The molecule has 1 aliphatic heterocycles. The third-order valence-electron chi connectivity index (χ3n) is 5.11. The van der Waals surface area contributed by atoms with Gasteiger partial charge in [0, 0.05) is 25.7 Å². The monoisotopic (exact) mass is 371 g/mol. The van der Waals surface area contributed by atoms with Gasteiger partial charge in [-0.3, -0.25) is 4.90 Å². The van der Waals surface area contributed by atoms with Crippen molar-refractivity contribution in [1.29, 1.82) is 0 Å². The van der Waals surface area contributed by atoms with Crippen LogP contribution in [0, 0.1) is 0 Å². The normalized spacial score (nSPS) is 17.3. The summed E-state index contributed by atoms with van der Waals surface area (Å²) in [5, 5.41) is 5.83. The molecule has 1 N–H and O–H groups in total. The zero-order chi connectivity index (χ0) is 17.9. The summed E-state index contributed by atoms with van der Waals surface area (Å²) in [6.07, 6.45) is 5.67. The van der Waals surface area contributed by atoms with E-state index in [0.717, 1.165) is 49.6 Å². The summed E-state index contributed by atoms with van der Waals surface area (Å²) in [6, 6.07) is 6.86. The minimum atomic E-state index is 0.260. The molecule has 1 fully saturated rings. The largest absolute Gasteiger partial charge is 0.468 e. The van der Waals surface area contributed by atoms with Gasteiger partial charge in [-0.25, -0.2) is 9.97 Å². The van der Waals surface area contributed by atoms with E-state index in [-0.39, 0.29) is 6.04 Å². The van der Waals surface area contributed by atoms with Gasteiger partial charge in [-0.2, -0.15) is 0 Å². The number of anilines is 1. The molecule has 7 heteroatoms. The fourth-order valence-electron chi connectivity index (χ4n) is 3.59. The molecule has 0 amide bonds. The van der Waals surface area contributed by atoms with Crippen molar-refractivity contribution in [3.8, 4) is 0 Å². The molecule has 3 aromatic heterocycles. The van der Waals surface area contributed by atoms with E-state index in [1.54, 1.807) is 23.9 Å². The van der Waals surface area contributed by atoms with Gasteiger partial charge >= 0.3 is 0 Å². The molecule has 0 aromatic carbocycles. The molecule has 0 radical (unpaired) electrons. The van der Waals surface area contributed by atoms with Crippen LogP contribution in [-0.2, 0) is 0 Å². The predicted molar refractivity (Wildman–Crippen MR) is 106 cm³/mol. The van der Waals surface area contributed by atoms with E-state index in [1.807, 2.05) is 6.07 Å². The highest BCUT2D eigenvalue weighted by Gasteiger charge is 2.24. The van der Waals surface area contributed by atoms with E-state index >= 15 is 0 Å². The lowest BCUT2D eigenvalue weighted by molar-refractivity contribution is 0.238. The Kier molecular flexibility index (Phi) is 5.19. The summed E-state index contributed by atoms with van der Waals surface area (Å²) in [6.45, 7) is 2.94. The summed E-state index contributed by atoms with van der Waals surface area (Å²) in [4.78, 5) is 13.5. The summed E-state index contributed by atoms with van der Waals surface area (Å²) in [5.41, 5.74) is 1.05. The first-order valence-corrected chi connectivity index (χ1v) is 9.96. The summed E-state index contributed by atoms with van der Waals surface area (Å²) in [5.74, 6) is 2.10. The molecular weight excluding hydrogens is 346 g/mol. The minimum Gasteiger partial charge on any atom is -0.468 e. The SMILES string of the molecule is CN(C)C(CNC1CCN(c2ncnc3ccsc23)CC1)c1ccco1. The Bertz CT molecular complexity index is 823. The van der Waals surface area contributed by atoms with Crippen LogP contribution in [0.1, 0.15) is 24.6 Å². The number of nitrogens with zero attached hydrogens (tertiary/aromatic N) is 4. The van der Waals surface area contributed by atoms with Crippen molar-refractivity contribution >= 4 is 27.4 Å². The van der Waals surface area contributed by atoms with Crippen LogP contribution >= 0.6 is 11.3 Å². The van der Waals surface area contributed by atoms with Crippen molar-refractivity contribution in [2.45, 2.75) is 24.9 Å². The molecule has 1 unspecified atom stereocenters. The van der Waals surface area contributed by atoms with E-state index in [1.165, 1.54) is 4.70 Å². The van der Waals surface area contributed by atoms with Crippen molar-refractivity contribution < 1.29 is 4.42 Å². The molecule has 1 saturated heterocycles. The van der Waals surface area contributed by atoms with E-state index < -0.39 is 0 Å². The van der Waals surface area contributed by atoms with Gasteiger partial charge in [0.1, 0.15) is 17.9 Å². The van der Waals surface area contributed by atoms with Crippen molar-refractivity contribution in [1.82, 2.24) is 20.2 Å². The molecule has 0 aliphatic carbocycles. The average molecular weight is 372 g/mol. The van der Waals surface area contributed by atoms with Gasteiger partial charge in [-0.15, -0.1) is 11.3 Å². The number of aromatic nitrogens is 2. The lowest BCUT2D eigenvalue weighted by Gasteiger charge is -2.34. The number of furan rings is 1. The van der Waals surface area contributed by atoms with Gasteiger partial charge in [0.25, 0.3) is 0 Å². The molecule has 0 bridgehead atoms. The Morgan fingerprint density at radius 1 is 1.31 bits per heavy atom.